The van der Waals surface area contributed by atoms with Crippen LogP contribution in [0.3, 0.4) is 0 Å². The van der Waals surface area contributed by atoms with Crippen molar-refractivity contribution >= 4 is 0 Å². The van der Waals surface area contributed by atoms with Crippen molar-refractivity contribution in [1.82, 2.24) is 0 Å². The summed E-state index contributed by atoms with van der Waals surface area (Å²) in [5.41, 5.74) is -0.0421. The van der Waals surface area contributed by atoms with Gasteiger partial charge in [0, 0.05) is 0 Å². The molecule has 116 valence electrons. The number of aliphatic hydroxyl groups excluding tert-OH is 1. The lowest BCUT2D eigenvalue weighted by Crippen LogP contribution is -2.60. The summed E-state index contributed by atoms with van der Waals surface area (Å²) in [4.78, 5) is 0. The molecule has 0 spiro atoms. The molecule has 0 aromatic carbocycles. The fourth-order valence-corrected chi connectivity index (χ4v) is 6.36. The van der Waals surface area contributed by atoms with Gasteiger partial charge < -0.3 is 10.2 Å². The Labute approximate surface area is 124 Å². The van der Waals surface area contributed by atoms with Gasteiger partial charge in [-0.05, 0) is 74.0 Å². The third kappa shape index (κ3) is 1.98. The van der Waals surface area contributed by atoms with E-state index in [9.17, 15) is 10.2 Å². The van der Waals surface area contributed by atoms with E-state index < -0.39 is 11.7 Å². The molecule has 2 nitrogen and oxygen atoms in total. The van der Waals surface area contributed by atoms with E-state index in [1.807, 2.05) is 6.92 Å². The van der Waals surface area contributed by atoms with Crippen LogP contribution in [-0.2, 0) is 0 Å². The van der Waals surface area contributed by atoms with Gasteiger partial charge in [0.25, 0.3) is 0 Å². The summed E-state index contributed by atoms with van der Waals surface area (Å²) >= 11 is 0. The Morgan fingerprint density at radius 1 is 0.900 bits per heavy atom. The first-order valence-corrected chi connectivity index (χ1v) is 8.59. The van der Waals surface area contributed by atoms with Crippen LogP contribution in [0, 0.1) is 28.6 Å². The van der Waals surface area contributed by atoms with Gasteiger partial charge in [-0.3, -0.25) is 0 Å². The first kappa shape index (κ1) is 14.8. The fraction of sp³-hybridized carbons (Fsp3) is 1.00. The summed E-state index contributed by atoms with van der Waals surface area (Å²) in [5, 5.41) is 21.0. The molecule has 2 heteroatoms. The molecule has 0 amide bonds. The maximum atomic E-state index is 10.6. The second-order valence-electron chi connectivity index (χ2n) is 9.09. The highest BCUT2D eigenvalue weighted by atomic mass is 16.3. The minimum Gasteiger partial charge on any atom is -0.390 e. The van der Waals surface area contributed by atoms with Crippen LogP contribution in [0.4, 0.5) is 0 Å². The number of hydrogen-bond acceptors (Lipinski definition) is 2. The van der Waals surface area contributed by atoms with Gasteiger partial charge in [0.2, 0.25) is 0 Å². The Balaban J connectivity index is 1.92. The van der Waals surface area contributed by atoms with Gasteiger partial charge in [-0.15, -0.1) is 0 Å². The van der Waals surface area contributed by atoms with E-state index in [1.165, 1.54) is 25.7 Å². The van der Waals surface area contributed by atoms with Crippen molar-refractivity contribution in [3.05, 3.63) is 0 Å². The van der Waals surface area contributed by atoms with Crippen molar-refractivity contribution in [3.8, 4) is 0 Å². The Bertz CT molecular complexity index is 387. The second-order valence-corrected chi connectivity index (χ2v) is 9.09. The zero-order valence-corrected chi connectivity index (χ0v) is 13.7. The normalized spacial score (nSPS) is 54.9. The van der Waals surface area contributed by atoms with Crippen molar-refractivity contribution in [3.63, 3.8) is 0 Å². The third-order valence-corrected chi connectivity index (χ3v) is 7.43. The molecular weight excluding hydrogens is 248 g/mol. The second kappa shape index (κ2) is 4.46. The summed E-state index contributed by atoms with van der Waals surface area (Å²) in [6.07, 6.45) is 7.67. The van der Waals surface area contributed by atoms with Gasteiger partial charge in [-0.2, -0.15) is 0 Å². The third-order valence-electron chi connectivity index (χ3n) is 7.43. The monoisotopic (exact) mass is 280 g/mol. The average molecular weight is 280 g/mol. The number of fused-ring (bicyclic) bond motifs is 3. The van der Waals surface area contributed by atoms with Gasteiger partial charge in [0.1, 0.15) is 0 Å². The Morgan fingerprint density at radius 2 is 1.60 bits per heavy atom. The fourth-order valence-electron chi connectivity index (χ4n) is 6.36. The molecule has 3 fully saturated rings. The molecule has 3 aliphatic rings. The van der Waals surface area contributed by atoms with Crippen molar-refractivity contribution < 1.29 is 10.2 Å². The van der Waals surface area contributed by atoms with E-state index in [0.717, 1.165) is 25.2 Å². The highest BCUT2D eigenvalue weighted by Gasteiger charge is 2.58. The van der Waals surface area contributed by atoms with Crippen LogP contribution >= 0.6 is 0 Å². The van der Waals surface area contributed by atoms with Gasteiger partial charge in [0.05, 0.1) is 11.7 Å². The maximum Gasteiger partial charge on any atom is 0.0880 e. The van der Waals surface area contributed by atoms with Gasteiger partial charge >= 0.3 is 0 Å². The summed E-state index contributed by atoms with van der Waals surface area (Å²) in [6, 6.07) is 0. The highest BCUT2D eigenvalue weighted by Crippen LogP contribution is 2.64. The topological polar surface area (TPSA) is 40.5 Å². The Kier molecular flexibility index (Phi) is 3.31. The van der Waals surface area contributed by atoms with Crippen LogP contribution in [0.2, 0.25) is 0 Å². The van der Waals surface area contributed by atoms with Crippen molar-refractivity contribution in [2.24, 2.45) is 28.6 Å². The smallest absolute Gasteiger partial charge is 0.0880 e. The first-order valence-electron chi connectivity index (χ1n) is 8.59. The quantitative estimate of drug-likeness (QED) is 0.709. The molecule has 6 atom stereocenters. The molecule has 0 saturated heterocycles. The van der Waals surface area contributed by atoms with E-state index in [4.69, 9.17) is 0 Å². The van der Waals surface area contributed by atoms with Gasteiger partial charge in [-0.25, -0.2) is 0 Å². The summed E-state index contributed by atoms with van der Waals surface area (Å²) < 4.78 is 0. The van der Waals surface area contributed by atoms with E-state index >= 15 is 0 Å². The predicted octanol–water partition coefficient (Wildman–Crippen LogP) is 3.75. The van der Waals surface area contributed by atoms with E-state index in [2.05, 4.69) is 20.8 Å². The molecule has 0 aliphatic heterocycles. The van der Waals surface area contributed by atoms with Crippen LogP contribution in [-0.4, -0.2) is 21.9 Å². The lowest BCUT2D eigenvalue weighted by molar-refractivity contribution is -0.193. The molecule has 2 N–H and O–H groups in total. The van der Waals surface area contributed by atoms with Crippen LogP contribution < -0.4 is 0 Å². The van der Waals surface area contributed by atoms with Crippen LogP contribution in [0.5, 0.6) is 0 Å². The number of aliphatic hydroxyl groups is 2. The number of rotatable bonds is 0. The Morgan fingerprint density at radius 3 is 2.30 bits per heavy atom. The van der Waals surface area contributed by atoms with Crippen LogP contribution in [0.25, 0.3) is 0 Å². The predicted molar refractivity (Wildman–Crippen MR) is 81.3 cm³/mol. The van der Waals surface area contributed by atoms with Crippen LogP contribution in [0.15, 0.2) is 0 Å². The number of hydrogen-bond donors (Lipinski definition) is 2. The standard InChI is InChI=1S/C18H32O2/c1-16(2)9-5-10-17(3)13-8-11-18(4,20)15(19)12(13)6-7-14(16)17/h12-15,19-20H,5-11H2,1-4H3/t12-,13-,14-,15+,17+,18-/m0/s1. The van der Waals surface area contributed by atoms with E-state index in [-0.39, 0.29) is 0 Å². The minimum absolute atomic E-state index is 0.314. The van der Waals surface area contributed by atoms with Crippen molar-refractivity contribution in [2.75, 3.05) is 0 Å². The summed E-state index contributed by atoms with van der Waals surface area (Å²) in [7, 11) is 0. The van der Waals surface area contributed by atoms with E-state index in [0.29, 0.717) is 22.7 Å². The molecule has 0 aromatic heterocycles. The lowest BCUT2D eigenvalue weighted by atomic mass is 9.43. The molecule has 0 heterocycles. The maximum absolute atomic E-state index is 10.6. The molecule has 0 bridgehead atoms. The molecule has 0 unspecified atom stereocenters. The molecule has 3 rings (SSSR count). The molecule has 3 aliphatic carbocycles. The highest BCUT2D eigenvalue weighted by molar-refractivity contribution is 5.08. The molecular formula is C18H32O2. The van der Waals surface area contributed by atoms with Gasteiger partial charge in [0.15, 0.2) is 0 Å². The lowest BCUT2D eigenvalue weighted by Gasteiger charge is -2.62. The summed E-state index contributed by atoms with van der Waals surface area (Å²) in [6.45, 7) is 9.21. The Hall–Kier alpha value is -0.0800. The molecule has 3 saturated carbocycles. The average Bonchev–Trinajstić information content (AvgIpc) is 2.33. The first-order chi connectivity index (χ1) is 9.18. The molecule has 0 radical (unpaired) electrons. The SMILES string of the molecule is CC1(C)CCC[C@]2(C)[C@H]3CC[C@](C)(O)[C@H](O)[C@H]3CC[C@@H]12. The summed E-state index contributed by atoms with van der Waals surface area (Å²) in [5.74, 6) is 1.71. The molecule has 20 heavy (non-hydrogen) atoms. The van der Waals surface area contributed by atoms with Crippen molar-refractivity contribution in [2.45, 2.75) is 84.3 Å². The molecule has 0 aromatic rings. The van der Waals surface area contributed by atoms with Crippen LogP contribution in [0.1, 0.15) is 72.6 Å². The van der Waals surface area contributed by atoms with Crippen molar-refractivity contribution in [1.29, 1.82) is 0 Å². The van der Waals surface area contributed by atoms with E-state index in [1.54, 1.807) is 0 Å². The zero-order valence-electron chi connectivity index (χ0n) is 13.7. The largest absolute Gasteiger partial charge is 0.390 e. The van der Waals surface area contributed by atoms with Gasteiger partial charge in [-0.1, -0.05) is 27.2 Å². The zero-order chi connectivity index (χ0) is 14.8. The minimum atomic E-state index is -0.867.